The maximum absolute atomic E-state index is 8.55. The van der Waals surface area contributed by atoms with E-state index in [1.807, 2.05) is 6.08 Å². The zero-order valence-electron chi connectivity index (χ0n) is 8.21. The van der Waals surface area contributed by atoms with E-state index in [0.29, 0.717) is 12.3 Å². The second kappa shape index (κ2) is 4.71. The summed E-state index contributed by atoms with van der Waals surface area (Å²) in [5.41, 5.74) is 1.36. The van der Waals surface area contributed by atoms with Crippen LogP contribution in [0.2, 0.25) is 0 Å². The van der Waals surface area contributed by atoms with E-state index in [4.69, 9.17) is 10.00 Å². The normalized spacial score (nSPS) is 18.2. The minimum atomic E-state index is 0.389. The molecule has 0 saturated heterocycles. The lowest BCUT2D eigenvalue weighted by atomic mass is 9.91. The molecule has 0 aromatic heterocycles. The second-order valence-corrected chi connectivity index (χ2v) is 3.34. The summed E-state index contributed by atoms with van der Waals surface area (Å²) in [4.78, 5) is 0. The standard InChI is InChI=1S/C11H15NO/c1-9(7-8-12)10-3-5-11(13-2)6-4-10/h3,5,9H,4,6-7H2,1-2H3. The summed E-state index contributed by atoms with van der Waals surface area (Å²) in [6, 6.07) is 2.20. The van der Waals surface area contributed by atoms with Gasteiger partial charge in [-0.25, -0.2) is 0 Å². The molecule has 0 aromatic rings. The van der Waals surface area contributed by atoms with Gasteiger partial charge in [-0.3, -0.25) is 0 Å². The van der Waals surface area contributed by atoms with Gasteiger partial charge in [0, 0.05) is 12.8 Å². The van der Waals surface area contributed by atoms with E-state index in [1.54, 1.807) is 7.11 Å². The lowest BCUT2D eigenvalue weighted by molar-refractivity contribution is 0.274. The largest absolute Gasteiger partial charge is 0.501 e. The van der Waals surface area contributed by atoms with Gasteiger partial charge in [0.2, 0.25) is 0 Å². The Morgan fingerprint density at radius 3 is 2.77 bits per heavy atom. The van der Waals surface area contributed by atoms with E-state index in [9.17, 15) is 0 Å². The summed E-state index contributed by atoms with van der Waals surface area (Å²) in [5.74, 6) is 1.42. The highest BCUT2D eigenvalue weighted by Crippen LogP contribution is 2.25. The Labute approximate surface area is 79.5 Å². The van der Waals surface area contributed by atoms with E-state index in [1.165, 1.54) is 5.57 Å². The number of methoxy groups -OCH3 is 1. The molecule has 1 atom stereocenters. The summed E-state index contributed by atoms with van der Waals surface area (Å²) >= 11 is 0. The lowest BCUT2D eigenvalue weighted by Crippen LogP contribution is -2.03. The maximum Gasteiger partial charge on any atom is 0.0958 e. The average Bonchev–Trinajstić information content (AvgIpc) is 2.18. The van der Waals surface area contributed by atoms with Gasteiger partial charge in [-0.1, -0.05) is 18.6 Å². The number of nitrogens with zero attached hydrogens (tertiary/aromatic N) is 1. The second-order valence-electron chi connectivity index (χ2n) is 3.34. The average molecular weight is 177 g/mol. The van der Waals surface area contributed by atoms with E-state index < -0.39 is 0 Å². The van der Waals surface area contributed by atoms with Crippen molar-refractivity contribution in [2.75, 3.05) is 7.11 Å². The van der Waals surface area contributed by atoms with Gasteiger partial charge in [0.05, 0.1) is 18.9 Å². The van der Waals surface area contributed by atoms with Gasteiger partial charge in [-0.2, -0.15) is 5.26 Å². The van der Waals surface area contributed by atoms with Crippen LogP contribution in [0.4, 0.5) is 0 Å². The van der Waals surface area contributed by atoms with Crippen molar-refractivity contribution >= 4 is 0 Å². The molecule has 13 heavy (non-hydrogen) atoms. The predicted molar refractivity (Wildman–Crippen MR) is 51.8 cm³/mol. The number of hydrogen-bond donors (Lipinski definition) is 0. The molecular weight excluding hydrogens is 162 g/mol. The third-order valence-electron chi connectivity index (χ3n) is 2.44. The molecule has 2 nitrogen and oxygen atoms in total. The predicted octanol–water partition coefficient (Wildman–Crippen LogP) is 2.79. The van der Waals surface area contributed by atoms with Crippen LogP contribution in [0, 0.1) is 17.2 Å². The molecule has 0 amide bonds. The molecule has 1 aliphatic rings. The molecule has 1 aliphatic carbocycles. The highest BCUT2D eigenvalue weighted by atomic mass is 16.5. The summed E-state index contributed by atoms with van der Waals surface area (Å²) in [5, 5.41) is 8.55. The summed E-state index contributed by atoms with van der Waals surface area (Å²) < 4.78 is 5.13. The SMILES string of the molecule is COC1=CC=C(C(C)CC#N)CC1. The summed E-state index contributed by atoms with van der Waals surface area (Å²) in [7, 11) is 1.70. The Morgan fingerprint density at radius 2 is 2.31 bits per heavy atom. The molecule has 0 saturated carbocycles. The third-order valence-corrected chi connectivity index (χ3v) is 2.44. The molecule has 70 valence electrons. The monoisotopic (exact) mass is 177 g/mol. The van der Waals surface area contributed by atoms with Crippen LogP contribution in [-0.2, 0) is 4.74 Å². The smallest absolute Gasteiger partial charge is 0.0958 e. The Balaban J connectivity index is 2.59. The van der Waals surface area contributed by atoms with Gasteiger partial charge in [-0.05, 0) is 18.4 Å². The Bertz CT molecular complexity index is 270. The van der Waals surface area contributed by atoms with Gasteiger partial charge < -0.3 is 4.74 Å². The van der Waals surface area contributed by atoms with Crippen molar-refractivity contribution in [2.45, 2.75) is 26.2 Å². The molecule has 0 fully saturated rings. The van der Waals surface area contributed by atoms with Crippen molar-refractivity contribution < 1.29 is 4.74 Å². The van der Waals surface area contributed by atoms with Crippen molar-refractivity contribution in [3.63, 3.8) is 0 Å². The molecule has 1 unspecified atom stereocenters. The fourth-order valence-corrected chi connectivity index (χ4v) is 1.48. The number of ether oxygens (including phenoxy) is 1. The maximum atomic E-state index is 8.55. The number of nitriles is 1. The van der Waals surface area contributed by atoms with E-state index in [0.717, 1.165) is 18.6 Å². The van der Waals surface area contributed by atoms with E-state index in [-0.39, 0.29) is 0 Å². The minimum Gasteiger partial charge on any atom is -0.501 e. The van der Waals surface area contributed by atoms with Gasteiger partial charge in [0.25, 0.3) is 0 Å². The van der Waals surface area contributed by atoms with Crippen molar-refractivity contribution in [1.29, 1.82) is 5.26 Å². The molecule has 2 heteroatoms. The number of allylic oxidation sites excluding steroid dienone is 4. The van der Waals surface area contributed by atoms with Crippen LogP contribution in [0.3, 0.4) is 0 Å². The lowest BCUT2D eigenvalue weighted by Gasteiger charge is -2.17. The molecule has 0 spiro atoms. The molecule has 1 rings (SSSR count). The van der Waals surface area contributed by atoms with E-state index in [2.05, 4.69) is 19.1 Å². The molecule has 0 aliphatic heterocycles. The molecule has 0 aromatic carbocycles. The van der Waals surface area contributed by atoms with Crippen molar-refractivity contribution in [3.8, 4) is 6.07 Å². The first-order valence-electron chi connectivity index (χ1n) is 4.58. The van der Waals surface area contributed by atoms with Crippen LogP contribution >= 0.6 is 0 Å². The molecule has 0 bridgehead atoms. The zero-order valence-corrected chi connectivity index (χ0v) is 8.21. The van der Waals surface area contributed by atoms with Gasteiger partial charge >= 0.3 is 0 Å². The highest BCUT2D eigenvalue weighted by Gasteiger charge is 2.12. The van der Waals surface area contributed by atoms with Crippen LogP contribution in [0.1, 0.15) is 26.2 Å². The summed E-state index contributed by atoms with van der Waals surface area (Å²) in [6.07, 6.45) is 6.71. The van der Waals surface area contributed by atoms with Crippen molar-refractivity contribution in [2.24, 2.45) is 5.92 Å². The van der Waals surface area contributed by atoms with Crippen molar-refractivity contribution in [1.82, 2.24) is 0 Å². The highest BCUT2D eigenvalue weighted by molar-refractivity contribution is 5.23. The van der Waals surface area contributed by atoms with Crippen LogP contribution < -0.4 is 0 Å². The third kappa shape index (κ3) is 2.62. The molecular formula is C11H15NO. The number of hydrogen-bond acceptors (Lipinski definition) is 2. The van der Waals surface area contributed by atoms with Gasteiger partial charge in [-0.15, -0.1) is 0 Å². The molecule has 0 N–H and O–H groups in total. The Morgan fingerprint density at radius 1 is 1.54 bits per heavy atom. The van der Waals surface area contributed by atoms with Gasteiger partial charge in [0.15, 0.2) is 0 Å². The van der Waals surface area contributed by atoms with Crippen LogP contribution in [0.5, 0.6) is 0 Å². The quantitative estimate of drug-likeness (QED) is 0.664. The van der Waals surface area contributed by atoms with Crippen LogP contribution in [0.25, 0.3) is 0 Å². The Hall–Kier alpha value is -1.23. The zero-order chi connectivity index (χ0) is 9.68. The minimum absolute atomic E-state index is 0.389. The Kier molecular flexibility index (Phi) is 3.57. The first-order valence-corrected chi connectivity index (χ1v) is 4.58. The first kappa shape index (κ1) is 9.85. The topological polar surface area (TPSA) is 33.0 Å². The fraction of sp³-hybridized carbons (Fsp3) is 0.545. The summed E-state index contributed by atoms with van der Waals surface area (Å²) in [6.45, 7) is 2.10. The number of rotatable bonds is 3. The van der Waals surface area contributed by atoms with E-state index >= 15 is 0 Å². The van der Waals surface area contributed by atoms with Crippen molar-refractivity contribution in [3.05, 3.63) is 23.5 Å². The van der Waals surface area contributed by atoms with Crippen LogP contribution in [0.15, 0.2) is 23.5 Å². The fourth-order valence-electron chi connectivity index (χ4n) is 1.48. The molecule has 0 heterocycles. The molecule has 0 radical (unpaired) electrons. The first-order chi connectivity index (χ1) is 6.27. The van der Waals surface area contributed by atoms with Crippen LogP contribution in [-0.4, -0.2) is 7.11 Å². The van der Waals surface area contributed by atoms with Gasteiger partial charge in [0.1, 0.15) is 0 Å².